The molecular weight excluding hydrogens is 326 g/mol. The first-order chi connectivity index (χ1) is 12.7. The molecule has 26 heavy (non-hydrogen) atoms. The van der Waals surface area contributed by atoms with Crippen LogP contribution in [0.5, 0.6) is 0 Å². The van der Waals surface area contributed by atoms with Gasteiger partial charge in [0.25, 0.3) is 0 Å². The molecule has 0 saturated carbocycles. The number of nitrogens with two attached hydrogens (primary N) is 1. The number of hydrogen-bond donors (Lipinski definition) is 1. The maximum atomic E-state index is 6.16. The van der Waals surface area contributed by atoms with Crippen LogP contribution in [0.1, 0.15) is 0 Å². The number of nitrogen functional groups attached to an aromatic ring is 1. The van der Waals surface area contributed by atoms with Crippen LogP contribution >= 0.6 is 0 Å². The Kier molecular flexibility index (Phi) is 3.02. The Morgan fingerprint density at radius 1 is 0.962 bits per heavy atom. The summed E-state index contributed by atoms with van der Waals surface area (Å²) in [5.74, 6) is 0.396. The second kappa shape index (κ2) is 5.38. The maximum absolute atomic E-state index is 6.16. The van der Waals surface area contributed by atoms with Gasteiger partial charge in [-0.15, -0.1) is 0 Å². The van der Waals surface area contributed by atoms with Crippen LogP contribution in [0.15, 0.2) is 61.4 Å². The van der Waals surface area contributed by atoms with Crippen LogP contribution in [0, 0.1) is 0 Å². The lowest BCUT2D eigenvalue weighted by Gasteiger charge is -2.14. The van der Waals surface area contributed by atoms with Gasteiger partial charge in [0.05, 0.1) is 28.7 Å². The average Bonchev–Trinajstić information content (AvgIpc) is 3.30. The Labute approximate surface area is 148 Å². The minimum atomic E-state index is 0.396. The Morgan fingerprint density at radius 3 is 2.65 bits per heavy atom. The van der Waals surface area contributed by atoms with Gasteiger partial charge in [0.2, 0.25) is 0 Å². The van der Waals surface area contributed by atoms with E-state index in [0.717, 1.165) is 33.5 Å². The van der Waals surface area contributed by atoms with Gasteiger partial charge in [0.1, 0.15) is 0 Å². The third-order valence-corrected chi connectivity index (χ3v) is 4.52. The lowest BCUT2D eigenvalue weighted by atomic mass is 10.0. The van der Waals surface area contributed by atoms with Gasteiger partial charge in [-0.1, -0.05) is 6.07 Å². The molecule has 2 N–H and O–H groups in total. The summed E-state index contributed by atoms with van der Waals surface area (Å²) in [6.07, 6.45) is 8.95. The number of imidazole rings is 2. The Hall–Kier alpha value is -3.74. The first kappa shape index (κ1) is 14.6. The number of aryl methyl sites for hydroxylation is 1. The van der Waals surface area contributed by atoms with Crippen LogP contribution in [-0.4, -0.2) is 28.9 Å². The van der Waals surface area contributed by atoms with Gasteiger partial charge in [-0.3, -0.25) is 9.38 Å². The topological polar surface area (TPSA) is 86.9 Å². The van der Waals surface area contributed by atoms with Crippen molar-refractivity contribution in [1.82, 2.24) is 28.9 Å². The second-order valence-electron chi connectivity index (χ2n) is 6.11. The summed E-state index contributed by atoms with van der Waals surface area (Å²) in [5.41, 5.74) is 12.5. The molecule has 0 amide bonds. The number of benzene rings is 1. The highest BCUT2D eigenvalue weighted by molar-refractivity contribution is 5.88. The predicted octanol–water partition coefficient (Wildman–Crippen LogP) is 2.93. The van der Waals surface area contributed by atoms with Crippen LogP contribution in [0.2, 0.25) is 0 Å². The van der Waals surface area contributed by atoms with E-state index in [-0.39, 0.29) is 0 Å². The molecule has 7 heteroatoms. The van der Waals surface area contributed by atoms with E-state index in [2.05, 4.69) is 26.0 Å². The third-order valence-electron chi connectivity index (χ3n) is 4.52. The Bertz CT molecular complexity index is 1250. The summed E-state index contributed by atoms with van der Waals surface area (Å²) in [7, 11) is 1.98. The van der Waals surface area contributed by atoms with Crippen molar-refractivity contribution in [1.29, 1.82) is 0 Å². The van der Waals surface area contributed by atoms with Gasteiger partial charge in [-0.25, -0.2) is 15.0 Å². The molecule has 0 bridgehead atoms. The zero-order chi connectivity index (χ0) is 17.7. The molecule has 5 rings (SSSR count). The van der Waals surface area contributed by atoms with Crippen molar-refractivity contribution in [2.45, 2.75) is 0 Å². The number of aromatic nitrogens is 6. The summed E-state index contributed by atoms with van der Waals surface area (Å²) in [5, 5.41) is 0. The number of nitrogens with zero attached hydrogens (tertiary/aromatic N) is 6. The lowest BCUT2D eigenvalue weighted by molar-refractivity contribution is 0.947. The molecule has 4 aromatic heterocycles. The van der Waals surface area contributed by atoms with Crippen LogP contribution in [-0.2, 0) is 7.05 Å². The predicted molar refractivity (Wildman–Crippen MR) is 100 cm³/mol. The molecule has 0 spiro atoms. The summed E-state index contributed by atoms with van der Waals surface area (Å²) >= 11 is 0. The zero-order valence-electron chi connectivity index (χ0n) is 14.0. The number of pyridine rings is 1. The number of rotatable bonds is 2. The van der Waals surface area contributed by atoms with Gasteiger partial charge in [0.15, 0.2) is 11.5 Å². The molecule has 0 aliphatic carbocycles. The van der Waals surface area contributed by atoms with Crippen molar-refractivity contribution >= 4 is 22.5 Å². The van der Waals surface area contributed by atoms with Crippen molar-refractivity contribution in [2.75, 3.05) is 5.73 Å². The molecule has 0 radical (unpaired) electrons. The van der Waals surface area contributed by atoms with Crippen LogP contribution in [0.3, 0.4) is 0 Å². The highest BCUT2D eigenvalue weighted by atomic mass is 15.1. The fourth-order valence-electron chi connectivity index (χ4n) is 3.27. The SMILES string of the molecule is Cn1cnc2ccc(-c3c(-c4ccncc4)nc(N)c4nccn34)cc21. The summed E-state index contributed by atoms with van der Waals surface area (Å²) in [6.45, 7) is 0. The maximum Gasteiger partial charge on any atom is 0.180 e. The van der Waals surface area contributed by atoms with Crippen molar-refractivity contribution in [3.63, 3.8) is 0 Å². The van der Waals surface area contributed by atoms with Crippen LogP contribution in [0.25, 0.3) is 39.2 Å². The van der Waals surface area contributed by atoms with Gasteiger partial charge in [-0.2, -0.15) is 0 Å². The molecule has 126 valence electrons. The molecule has 5 aromatic rings. The van der Waals surface area contributed by atoms with E-state index >= 15 is 0 Å². The van der Waals surface area contributed by atoms with Crippen molar-refractivity contribution in [3.8, 4) is 22.5 Å². The van der Waals surface area contributed by atoms with E-state index in [1.165, 1.54) is 0 Å². The summed E-state index contributed by atoms with van der Waals surface area (Å²) in [4.78, 5) is 17.5. The van der Waals surface area contributed by atoms with Crippen molar-refractivity contribution in [3.05, 3.63) is 61.4 Å². The highest BCUT2D eigenvalue weighted by Gasteiger charge is 2.17. The summed E-state index contributed by atoms with van der Waals surface area (Å²) < 4.78 is 3.98. The average molecular weight is 341 g/mol. The van der Waals surface area contributed by atoms with Crippen molar-refractivity contribution in [2.24, 2.45) is 7.05 Å². The Balaban J connectivity index is 1.89. The van der Waals surface area contributed by atoms with Crippen molar-refractivity contribution < 1.29 is 0 Å². The van der Waals surface area contributed by atoms with E-state index < -0.39 is 0 Å². The van der Waals surface area contributed by atoms with E-state index in [9.17, 15) is 0 Å². The number of hydrogen-bond acceptors (Lipinski definition) is 5. The second-order valence-corrected chi connectivity index (χ2v) is 6.11. The zero-order valence-corrected chi connectivity index (χ0v) is 14.0. The fourth-order valence-corrected chi connectivity index (χ4v) is 3.27. The smallest absolute Gasteiger partial charge is 0.180 e. The summed E-state index contributed by atoms with van der Waals surface area (Å²) in [6, 6.07) is 10.0. The Morgan fingerprint density at radius 2 is 1.81 bits per heavy atom. The quantitative estimate of drug-likeness (QED) is 0.533. The van der Waals surface area contributed by atoms with Gasteiger partial charge in [-0.05, 0) is 24.3 Å². The van der Waals surface area contributed by atoms with E-state index in [0.29, 0.717) is 11.5 Å². The van der Waals surface area contributed by atoms with E-state index in [1.807, 2.05) is 52.8 Å². The molecule has 7 nitrogen and oxygen atoms in total. The molecule has 0 saturated heterocycles. The minimum Gasteiger partial charge on any atom is -0.381 e. The number of fused-ring (bicyclic) bond motifs is 2. The molecule has 0 aliphatic rings. The lowest BCUT2D eigenvalue weighted by Crippen LogP contribution is -2.03. The van der Waals surface area contributed by atoms with Gasteiger partial charge >= 0.3 is 0 Å². The van der Waals surface area contributed by atoms with Gasteiger partial charge < -0.3 is 10.3 Å². The fraction of sp³-hybridized carbons (Fsp3) is 0.0526. The molecule has 0 unspecified atom stereocenters. The molecule has 0 aliphatic heterocycles. The first-order valence-electron chi connectivity index (χ1n) is 8.17. The molecular formula is C19H15N7. The number of anilines is 1. The van der Waals surface area contributed by atoms with Crippen LogP contribution < -0.4 is 5.73 Å². The van der Waals surface area contributed by atoms with Crippen LogP contribution in [0.4, 0.5) is 5.82 Å². The molecule has 1 aromatic carbocycles. The standard InChI is InChI=1S/C19H15N7/c1-25-11-23-14-3-2-13(10-15(14)25)17-16(12-4-6-21-7-5-12)24-18(20)19-22-8-9-26(17)19/h2-11H,1H3,(H2,20,24). The van der Waals surface area contributed by atoms with E-state index in [4.69, 9.17) is 5.73 Å². The monoisotopic (exact) mass is 341 g/mol. The molecule has 0 atom stereocenters. The van der Waals surface area contributed by atoms with E-state index in [1.54, 1.807) is 18.6 Å². The molecule has 0 fully saturated rings. The normalized spacial score (nSPS) is 11.4. The third kappa shape index (κ3) is 2.07. The molecule has 4 heterocycles. The minimum absolute atomic E-state index is 0.396. The largest absolute Gasteiger partial charge is 0.381 e. The highest BCUT2D eigenvalue weighted by Crippen LogP contribution is 2.34. The van der Waals surface area contributed by atoms with Gasteiger partial charge in [0, 0.05) is 43.0 Å². The first-order valence-corrected chi connectivity index (χ1v) is 8.17.